The van der Waals surface area contributed by atoms with Crippen LogP contribution in [0.5, 0.6) is 0 Å². The Bertz CT molecular complexity index is 1050. The monoisotopic (exact) mass is 376 g/mol. The van der Waals surface area contributed by atoms with Gasteiger partial charge in [0.1, 0.15) is 0 Å². The molecule has 2 aliphatic carbocycles. The van der Waals surface area contributed by atoms with Gasteiger partial charge in [-0.1, -0.05) is 103 Å². The minimum atomic E-state index is 0.0861. The van der Waals surface area contributed by atoms with Crippen LogP contribution in [0.3, 0.4) is 0 Å². The minimum Gasteiger partial charge on any atom is -0.289 e. The van der Waals surface area contributed by atoms with Crippen LogP contribution in [0.15, 0.2) is 109 Å². The lowest BCUT2D eigenvalue weighted by molar-refractivity contribution is 0.104. The highest BCUT2D eigenvalue weighted by Gasteiger charge is 2.46. The maximum atomic E-state index is 13.1. The van der Waals surface area contributed by atoms with Gasteiger partial charge in [-0.15, -0.1) is 0 Å². The fourth-order valence-electron chi connectivity index (χ4n) is 5.21. The molecule has 0 N–H and O–H groups in total. The van der Waals surface area contributed by atoms with Crippen molar-refractivity contribution in [1.29, 1.82) is 0 Å². The molecule has 2 aliphatic rings. The molecule has 0 saturated heterocycles. The SMILES string of the molecule is O=C(/C=C(/c1ccccc1)[C@@H]1[C@@H](c2ccccc2)[C@H]2C=C[C@H]1C2)c1ccccc1. The lowest BCUT2D eigenvalue weighted by Crippen LogP contribution is -2.20. The van der Waals surface area contributed by atoms with Gasteiger partial charge in [-0.2, -0.15) is 0 Å². The van der Waals surface area contributed by atoms with E-state index in [9.17, 15) is 4.79 Å². The molecule has 0 spiro atoms. The first kappa shape index (κ1) is 17.9. The van der Waals surface area contributed by atoms with Crippen molar-refractivity contribution in [2.75, 3.05) is 0 Å². The van der Waals surface area contributed by atoms with Crippen LogP contribution in [-0.2, 0) is 0 Å². The molecule has 0 radical (unpaired) electrons. The Balaban J connectivity index is 1.62. The summed E-state index contributed by atoms with van der Waals surface area (Å²) in [5.74, 6) is 1.86. The molecule has 0 heterocycles. The molecule has 2 bridgehead atoms. The third-order valence-electron chi connectivity index (χ3n) is 6.45. The maximum absolute atomic E-state index is 13.1. The molecule has 0 amide bonds. The Morgan fingerprint density at radius 3 is 1.90 bits per heavy atom. The summed E-state index contributed by atoms with van der Waals surface area (Å²) in [6, 6.07) is 30.9. The molecule has 3 aromatic carbocycles. The predicted octanol–water partition coefficient (Wildman–Crippen LogP) is 6.56. The molecule has 1 nitrogen and oxygen atoms in total. The maximum Gasteiger partial charge on any atom is 0.186 e. The van der Waals surface area contributed by atoms with Gasteiger partial charge in [0.25, 0.3) is 0 Å². The number of carbonyl (C=O) groups excluding carboxylic acids is 1. The summed E-state index contributed by atoms with van der Waals surface area (Å²) in [5.41, 5.74) is 4.45. The van der Waals surface area contributed by atoms with Gasteiger partial charge in [-0.05, 0) is 52.9 Å². The van der Waals surface area contributed by atoms with E-state index in [1.54, 1.807) is 0 Å². The summed E-state index contributed by atoms with van der Waals surface area (Å²) in [6.07, 6.45) is 7.84. The second-order valence-electron chi connectivity index (χ2n) is 8.11. The highest BCUT2D eigenvalue weighted by atomic mass is 16.1. The zero-order valence-corrected chi connectivity index (χ0v) is 16.3. The van der Waals surface area contributed by atoms with Gasteiger partial charge in [-0.3, -0.25) is 4.79 Å². The van der Waals surface area contributed by atoms with Crippen molar-refractivity contribution in [1.82, 2.24) is 0 Å². The van der Waals surface area contributed by atoms with Crippen LogP contribution < -0.4 is 0 Å². The number of carbonyl (C=O) groups is 1. The van der Waals surface area contributed by atoms with E-state index in [0.29, 0.717) is 23.7 Å². The van der Waals surface area contributed by atoms with Crippen molar-refractivity contribution < 1.29 is 4.79 Å². The zero-order chi connectivity index (χ0) is 19.6. The number of hydrogen-bond acceptors (Lipinski definition) is 1. The van der Waals surface area contributed by atoms with Crippen LogP contribution >= 0.6 is 0 Å². The van der Waals surface area contributed by atoms with Crippen molar-refractivity contribution >= 4 is 11.4 Å². The number of ketones is 1. The van der Waals surface area contributed by atoms with E-state index in [1.165, 1.54) is 17.6 Å². The largest absolute Gasteiger partial charge is 0.289 e. The summed E-state index contributed by atoms with van der Waals surface area (Å²) in [6.45, 7) is 0. The highest BCUT2D eigenvalue weighted by Crippen LogP contribution is 2.57. The average molecular weight is 376 g/mol. The van der Waals surface area contributed by atoms with Crippen molar-refractivity contribution in [3.63, 3.8) is 0 Å². The number of allylic oxidation sites excluding steroid dienone is 4. The van der Waals surface area contributed by atoms with E-state index in [0.717, 1.165) is 11.1 Å². The molecule has 1 fully saturated rings. The highest BCUT2D eigenvalue weighted by molar-refractivity contribution is 6.08. The van der Waals surface area contributed by atoms with Crippen LogP contribution in [0.25, 0.3) is 5.57 Å². The first-order valence-corrected chi connectivity index (χ1v) is 10.4. The fourth-order valence-corrected chi connectivity index (χ4v) is 5.21. The van der Waals surface area contributed by atoms with Gasteiger partial charge >= 0.3 is 0 Å². The van der Waals surface area contributed by atoms with Crippen LogP contribution in [0.4, 0.5) is 0 Å². The van der Waals surface area contributed by atoms with E-state index >= 15 is 0 Å². The Labute approximate surface area is 172 Å². The molecule has 29 heavy (non-hydrogen) atoms. The van der Waals surface area contributed by atoms with E-state index in [1.807, 2.05) is 42.5 Å². The van der Waals surface area contributed by atoms with Gasteiger partial charge in [0, 0.05) is 5.56 Å². The third-order valence-corrected chi connectivity index (χ3v) is 6.45. The number of fused-ring (bicyclic) bond motifs is 2. The molecule has 0 aliphatic heterocycles. The summed E-state index contributed by atoms with van der Waals surface area (Å²) in [4.78, 5) is 13.1. The average Bonchev–Trinajstić information content (AvgIpc) is 3.41. The van der Waals surface area contributed by atoms with Crippen LogP contribution in [0.2, 0.25) is 0 Å². The van der Waals surface area contributed by atoms with Gasteiger partial charge in [0.15, 0.2) is 5.78 Å². The van der Waals surface area contributed by atoms with Crippen LogP contribution in [0, 0.1) is 17.8 Å². The predicted molar refractivity (Wildman–Crippen MR) is 119 cm³/mol. The molecule has 0 aromatic heterocycles. The Morgan fingerprint density at radius 2 is 1.24 bits per heavy atom. The second-order valence-corrected chi connectivity index (χ2v) is 8.11. The van der Waals surface area contributed by atoms with Gasteiger partial charge in [0.05, 0.1) is 0 Å². The quantitative estimate of drug-likeness (QED) is 0.280. The van der Waals surface area contributed by atoms with Crippen molar-refractivity contribution in [3.05, 3.63) is 126 Å². The Kier molecular flexibility index (Phi) is 4.73. The summed E-state index contributed by atoms with van der Waals surface area (Å²) < 4.78 is 0. The third kappa shape index (κ3) is 3.38. The standard InChI is InChI=1S/C28H24O/c29-26(21-12-6-2-7-13-21)19-25(20-10-4-1-5-11-20)28-24-17-16-23(18-24)27(28)22-14-8-3-9-15-22/h1-17,19,23-24,27-28H,18H2/b25-19-/t23-,24-,27-,28+/m0/s1. The summed E-state index contributed by atoms with van der Waals surface area (Å²) >= 11 is 0. The van der Waals surface area contributed by atoms with Crippen LogP contribution in [-0.4, -0.2) is 5.78 Å². The minimum absolute atomic E-state index is 0.0861. The molecular formula is C28H24O. The molecule has 3 aromatic rings. The molecule has 1 saturated carbocycles. The Morgan fingerprint density at radius 1 is 0.690 bits per heavy atom. The second kappa shape index (κ2) is 7.67. The van der Waals surface area contributed by atoms with Gasteiger partial charge in [-0.25, -0.2) is 0 Å². The summed E-state index contributed by atoms with van der Waals surface area (Å²) in [5, 5.41) is 0. The first-order valence-electron chi connectivity index (χ1n) is 10.4. The number of hydrogen-bond donors (Lipinski definition) is 0. The fraction of sp³-hybridized carbons (Fsp3) is 0.179. The lowest BCUT2D eigenvalue weighted by Gasteiger charge is -2.31. The molecule has 142 valence electrons. The summed E-state index contributed by atoms with van der Waals surface area (Å²) in [7, 11) is 0. The van der Waals surface area contributed by atoms with E-state index < -0.39 is 0 Å². The molecule has 0 unspecified atom stereocenters. The smallest absolute Gasteiger partial charge is 0.186 e. The molecule has 1 heteroatoms. The lowest BCUT2D eigenvalue weighted by atomic mass is 9.72. The first-order chi connectivity index (χ1) is 14.3. The van der Waals surface area contributed by atoms with Crippen molar-refractivity contribution in [2.45, 2.75) is 12.3 Å². The van der Waals surface area contributed by atoms with E-state index in [4.69, 9.17) is 0 Å². The number of benzene rings is 3. The van der Waals surface area contributed by atoms with E-state index in [2.05, 4.69) is 66.7 Å². The van der Waals surface area contributed by atoms with Crippen molar-refractivity contribution in [3.8, 4) is 0 Å². The number of rotatable bonds is 5. The van der Waals surface area contributed by atoms with Crippen molar-refractivity contribution in [2.24, 2.45) is 17.8 Å². The molecular weight excluding hydrogens is 352 g/mol. The zero-order valence-electron chi connectivity index (χ0n) is 16.3. The topological polar surface area (TPSA) is 17.1 Å². The van der Waals surface area contributed by atoms with Crippen LogP contribution in [0.1, 0.15) is 33.8 Å². The Hall–Kier alpha value is -3.19. The molecule has 4 atom stereocenters. The normalized spacial score (nSPS) is 25.3. The van der Waals surface area contributed by atoms with Gasteiger partial charge < -0.3 is 0 Å². The van der Waals surface area contributed by atoms with E-state index in [-0.39, 0.29) is 5.78 Å². The van der Waals surface area contributed by atoms with Gasteiger partial charge in [0.2, 0.25) is 0 Å². The molecule has 5 rings (SSSR count).